The third-order valence-corrected chi connectivity index (χ3v) is 4.56. The van der Waals surface area contributed by atoms with Crippen molar-refractivity contribution in [3.63, 3.8) is 0 Å². The second kappa shape index (κ2) is 6.13. The molecule has 4 nitrogen and oxygen atoms in total. The Hall–Kier alpha value is -0.450. The van der Waals surface area contributed by atoms with Crippen molar-refractivity contribution < 1.29 is 14.6 Å². The van der Waals surface area contributed by atoms with E-state index in [1.54, 1.807) is 0 Å². The fourth-order valence-electron chi connectivity index (χ4n) is 3.31. The minimum atomic E-state index is -0.260. The minimum Gasteiger partial charge on any atom is -0.391 e. The third kappa shape index (κ3) is 3.11. The Morgan fingerprint density at radius 1 is 1.33 bits per heavy atom. The maximum atomic E-state index is 11.4. The molecule has 1 saturated carbocycles. The van der Waals surface area contributed by atoms with E-state index in [2.05, 4.69) is 4.90 Å². The topological polar surface area (TPSA) is 49.8 Å². The molecular weight excluding hydrogens is 230 g/mol. The lowest BCUT2D eigenvalue weighted by molar-refractivity contribution is -0.124. The molecule has 2 rings (SSSR count). The number of ether oxygens (including phenoxy) is 1. The smallest absolute Gasteiger partial charge is 0.127 e. The minimum absolute atomic E-state index is 0.221. The third-order valence-electron chi connectivity index (χ3n) is 4.56. The monoisotopic (exact) mass is 255 g/mol. The Labute approximate surface area is 109 Å². The van der Waals surface area contributed by atoms with E-state index in [4.69, 9.17) is 4.74 Å². The van der Waals surface area contributed by atoms with E-state index in [0.717, 1.165) is 44.9 Å². The van der Waals surface area contributed by atoms with Crippen LogP contribution in [0.1, 0.15) is 38.5 Å². The van der Waals surface area contributed by atoms with Crippen LogP contribution in [-0.2, 0) is 9.53 Å². The van der Waals surface area contributed by atoms with Gasteiger partial charge in [-0.15, -0.1) is 0 Å². The maximum Gasteiger partial charge on any atom is 0.127 e. The van der Waals surface area contributed by atoms with Crippen LogP contribution in [0.15, 0.2) is 0 Å². The molecule has 2 unspecified atom stereocenters. The average molecular weight is 255 g/mol. The van der Waals surface area contributed by atoms with Crippen molar-refractivity contribution in [3.8, 4) is 0 Å². The highest BCUT2D eigenvalue weighted by Crippen LogP contribution is 2.31. The fourth-order valence-corrected chi connectivity index (χ4v) is 3.31. The van der Waals surface area contributed by atoms with Crippen LogP contribution in [0.2, 0.25) is 0 Å². The van der Waals surface area contributed by atoms with Crippen LogP contribution in [0.25, 0.3) is 0 Å². The van der Waals surface area contributed by atoms with E-state index < -0.39 is 0 Å². The molecular formula is C14H25NO3. The standard InChI is InChI=1S/C14H25NO3/c1-15(12-4-2-3-5-13(12)17)10-14(11-16)6-8-18-9-7-14/h11-13,17H,2-10H2,1H3. The lowest BCUT2D eigenvalue weighted by Crippen LogP contribution is -2.49. The second-order valence-electron chi connectivity index (χ2n) is 5.93. The van der Waals surface area contributed by atoms with Gasteiger partial charge in [0.25, 0.3) is 0 Å². The van der Waals surface area contributed by atoms with E-state index in [1.165, 1.54) is 6.42 Å². The lowest BCUT2D eigenvalue weighted by atomic mass is 9.80. The lowest BCUT2D eigenvalue weighted by Gasteiger charge is -2.41. The van der Waals surface area contributed by atoms with Gasteiger partial charge in [0.15, 0.2) is 0 Å². The van der Waals surface area contributed by atoms with Crippen molar-refractivity contribution in [2.45, 2.75) is 50.7 Å². The largest absolute Gasteiger partial charge is 0.391 e. The van der Waals surface area contributed by atoms with Gasteiger partial charge in [0.05, 0.1) is 6.10 Å². The summed E-state index contributed by atoms with van der Waals surface area (Å²) in [6, 6.07) is 0.221. The summed E-state index contributed by atoms with van der Waals surface area (Å²) < 4.78 is 5.35. The summed E-state index contributed by atoms with van der Waals surface area (Å²) in [5, 5.41) is 10.1. The van der Waals surface area contributed by atoms with Crippen LogP contribution in [0.5, 0.6) is 0 Å². The molecule has 2 aliphatic rings. The molecule has 1 aliphatic heterocycles. The van der Waals surface area contributed by atoms with E-state index >= 15 is 0 Å². The molecule has 0 radical (unpaired) electrons. The Kier molecular flexibility index (Phi) is 4.76. The van der Waals surface area contributed by atoms with Gasteiger partial charge in [-0.2, -0.15) is 0 Å². The summed E-state index contributed by atoms with van der Waals surface area (Å²) in [5.41, 5.74) is -0.260. The van der Waals surface area contributed by atoms with Crippen LogP contribution in [0.3, 0.4) is 0 Å². The molecule has 0 bridgehead atoms. The molecule has 0 aromatic rings. The molecule has 1 aliphatic carbocycles. The van der Waals surface area contributed by atoms with Crippen LogP contribution >= 0.6 is 0 Å². The predicted octanol–water partition coefficient (Wildman–Crippen LogP) is 1.22. The highest BCUT2D eigenvalue weighted by Gasteiger charge is 2.36. The average Bonchev–Trinajstić information content (AvgIpc) is 2.40. The van der Waals surface area contributed by atoms with E-state index in [1.807, 2.05) is 7.05 Å². The molecule has 0 spiro atoms. The first-order valence-electron chi connectivity index (χ1n) is 7.09. The summed E-state index contributed by atoms with van der Waals surface area (Å²) in [7, 11) is 2.04. The van der Waals surface area contributed by atoms with Crippen molar-refractivity contribution in [3.05, 3.63) is 0 Å². The zero-order chi connectivity index (χ0) is 13.0. The quantitative estimate of drug-likeness (QED) is 0.767. The Bertz CT molecular complexity index is 276. The molecule has 1 heterocycles. The number of rotatable bonds is 4. The summed E-state index contributed by atoms with van der Waals surface area (Å²) >= 11 is 0. The number of carbonyl (C=O) groups is 1. The van der Waals surface area contributed by atoms with Crippen LogP contribution in [0.4, 0.5) is 0 Å². The number of hydrogen-bond donors (Lipinski definition) is 1. The van der Waals surface area contributed by atoms with Crippen LogP contribution in [-0.4, -0.2) is 55.2 Å². The fraction of sp³-hybridized carbons (Fsp3) is 0.929. The second-order valence-corrected chi connectivity index (χ2v) is 5.93. The first kappa shape index (κ1) is 14.0. The zero-order valence-electron chi connectivity index (χ0n) is 11.3. The van der Waals surface area contributed by atoms with Crippen LogP contribution < -0.4 is 0 Å². The van der Waals surface area contributed by atoms with Gasteiger partial charge in [-0.1, -0.05) is 12.8 Å². The van der Waals surface area contributed by atoms with Crippen molar-refractivity contribution in [2.24, 2.45) is 5.41 Å². The van der Waals surface area contributed by atoms with E-state index in [9.17, 15) is 9.90 Å². The summed E-state index contributed by atoms with van der Waals surface area (Å²) in [6.45, 7) is 2.11. The van der Waals surface area contributed by atoms with Gasteiger partial charge in [-0.3, -0.25) is 4.90 Å². The molecule has 2 fully saturated rings. The molecule has 4 heteroatoms. The van der Waals surface area contributed by atoms with Crippen molar-refractivity contribution in [1.82, 2.24) is 4.90 Å². The maximum absolute atomic E-state index is 11.4. The Balaban J connectivity index is 1.95. The molecule has 104 valence electrons. The molecule has 0 amide bonds. The van der Waals surface area contributed by atoms with Gasteiger partial charge in [0.1, 0.15) is 6.29 Å². The SMILES string of the molecule is CN(CC1(C=O)CCOCC1)C1CCCCC1O. The van der Waals surface area contributed by atoms with Crippen molar-refractivity contribution in [2.75, 3.05) is 26.8 Å². The van der Waals surface area contributed by atoms with Crippen LogP contribution in [0, 0.1) is 5.41 Å². The van der Waals surface area contributed by atoms with Gasteiger partial charge < -0.3 is 14.6 Å². The number of carbonyl (C=O) groups excluding carboxylic acids is 1. The first-order valence-corrected chi connectivity index (χ1v) is 7.09. The molecule has 2 atom stereocenters. The number of likely N-dealkylation sites (N-methyl/N-ethyl adjacent to an activating group) is 1. The van der Waals surface area contributed by atoms with Gasteiger partial charge >= 0.3 is 0 Å². The van der Waals surface area contributed by atoms with Crippen molar-refractivity contribution in [1.29, 1.82) is 0 Å². The molecule has 18 heavy (non-hydrogen) atoms. The molecule has 0 aromatic carbocycles. The number of nitrogens with zero attached hydrogens (tertiary/aromatic N) is 1. The summed E-state index contributed by atoms with van der Waals surface area (Å²) in [5.74, 6) is 0. The number of aliphatic hydroxyl groups is 1. The Morgan fingerprint density at radius 3 is 2.61 bits per heavy atom. The van der Waals surface area contributed by atoms with Gasteiger partial charge in [0, 0.05) is 31.2 Å². The normalized spacial score (nSPS) is 32.4. The first-order chi connectivity index (χ1) is 8.67. The Morgan fingerprint density at radius 2 is 2.00 bits per heavy atom. The highest BCUT2D eigenvalue weighted by molar-refractivity contribution is 5.60. The van der Waals surface area contributed by atoms with Crippen molar-refractivity contribution >= 4 is 6.29 Å². The molecule has 0 aromatic heterocycles. The number of aliphatic hydroxyl groups excluding tert-OH is 1. The van der Waals surface area contributed by atoms with Gasteiger partial charge in [0.2, 0.25) is 0 Å². The summed E-state index contributed by atoms with van der Waals surface area (Å²) in [4.78, 5) is 13.6. The molecule has 1 N–H and O–H groups in total. The predicted molar refractivity (Wildman–Crippen MR) is 69.4 cm³/mol. The number of hydrogen-bond acceptors (Lipinski definition) is 4. The molecule has 1 saturated heterocycles. The van der Waals surface area contributed by atoms with E-state index in [-0.39, 0.29) is 17.6 Å². The van der Waals surface area contributed by atoms with Gasteiger partial charge in [-0.25, -0.2) is 0 Å². The van der Waals surface area contributed by atoms with Gasteiger partial charge in [-0.05, 0) is 32.7 Å². The highest BCUT2D eigenvalue weighted by atomic mass is 16.5. The number of aldehydes is 1. The zero-order valence-corrected chi connectivity index (χ0v) is 11.3. The van der Waals surface area contributed by atoms with E-state index in [0.29, 0.717) is 13.2 Å². The summed E-state index contributed by atoms with van der Waals surface area (Å²) in [6.07, 6.45) is 6.75.